The molecule has 3 aromatic carbocycles. The Kier molecular flexibility index (Phi) is 5.94. The molecule has 0 saturated heterocycles. The van der Waals surface area contributed by atoms with Crippen molar-refractivity contribution in [1.29, 1.82) is 0 Å². The molecule has 0 aliphatic carbocycles. The first-order chi connectivity index (χ1) is 18.1. The summed E-state index contributed by atoms with van der Waals surface area (Å²) in [6, 6.07) is 26.8. The van der Waals surface area contributed by atoms with Crippen LogP contribution in [-0.2, 0) is 19.6 Å². The second-order valence-corrected chi connectivity index (χ2v) is 9.03. The highest BCUT2D eigenvalue weighted by molar-refractivity contribution is 5.94. The van der Waals surface area contributed by atoms with Gasteiger partial charge in [-0.2, -0.15) is 0 Å². The van der Waals surface area contributed by atoms with Crippen molar-refractivity contribution in [1.82, 2.24) is 19.9 Å². The second-order valence-electron chi connectivity index (χ2n) is 9.03. The molecule has 0 spiro atoms. The van der Waals surface area contributed by atoms with E-state index in [1.807, 2.05) is 84.9 Å². The molecule has 0 unspecified atom stereocenters. The van der Waals surface area contributed by atoms with Gasteiger partial charge >= 0.3 is 0 Å². The minimum absolute atomic E-state index is 0.0859. The summed E-state index contributed by atoms with van der Waals surface area (Å²) in [5.41, 5.74) is 4.27. The average Bonchev–Trinajstić information content (AvgIpc) is 2.96. The van der Waals surface area contributed by atoms with E-state index in [0.717, 1.165) is 27.8 Å². The molecule has 7 heteroatoms. The highest BCUT2D eigenvalue weighted by Crippen LogP contribution is 2.23. The van der Waals surface area contributed by atoms with Gasteiger partial charge < -0.3 is 14.6 Å². The zero-order valence-corrected chi connectivity index (χ0v) is 20.1. The van der Waals surface area contributed by atoms with Gasteiger partial charge in [-0.3, -0.25) is 14.6 Å². The van der Waals surface area contributed by atoms with E-state index < -0.39 is 0 Å². The molecule has 2 aromatic heterocycles. The largest absolute Gasteiger partial charge is 0.489 e. The van der Waals surface area contributed by atoms with Crippen LogP contribution < -0.4 is 10.3 Å². The Bertz CT molecular complexity index is 1650. The van der Waals surface area contributed by atoms with E-state index in [1.54, 1.807) is 11.1 Å². The summed E-state index contributed by atoms with van der Waals surface area (Å²) in [5, 5.41) is 0.967. The predicted molar refractivity (Wildman–Crippen MR) is 141 cm³/mol. The number of rotatable bonds is 5. The molecule has 6 rings (SSSR count). The second kappa shape index (κ2) is 9.70. The van der Waals surface area contributed by atoms with Gasteiger partial charge in [0.2, 0.25) is 0 Å². The smallest absolute Gasteiger partial charge is 0.254 e. The topological polar surface area (TPSA) is 88.2 Å². The van der Waals surface area contributed by atoms with Crippen molar-refractivity contribution in [2.75, 3.05) is 6.54 Å². The van der Waals surface area contributed by atoms with Gasteiger partial charge in [-0.1, -0.05) is 48.5 Å². The Morgan fingerprint density at radius 3 is 2.59 bits per heavy atom. The number of H-pyrrole nitrogens is 1. The van der Waals surface area contributed by atoms with Crippen LogP contribution in [0.25, 0.3) is 22.3 Å². The van der Waals surface area contributed by atoms with Crippen molar-refractivity contribution in [3.8, 4) is 17.1 Å². The summed E-state index contributed by atoms with van der Waals surface area (Å²) >= 11 is 0. The summed E-state index contributed by atoms with van der Waals surface area (Å²) in [6.45, 7) is 1.17. The van der Waals surface area contributed by atoms with Gasteiger partial charge in [0.15, 0.2) is 0 Å². The molecule has 182 valence electrons. The summed E-state index contributed by atoms with van der Waals surface area (Å²) < 4.78 is 5.79. The summed E-state index contributed by atoms with van der Waals surface area (Å²) in [6.07, 6.45) is 2.17. The van der Waals surface area contributed by atoms with E-state index in [-0.39, 0.29) is 18.0 Å². The molecule has 5 aromatic rings. The third kappa shape index (κ3) is 4.71. The number of benzene rings is 3. The van der Waals surface area contributed by atoms with Crippen molar-refractivity contribution in [3.05, 3.63) is 124 Å². The number of carbonyl (C=O) groups excluding carboxylic acids is 1. The van der Waals surface area contributed by atoms with Crippen LogP contribution in [0.1, 0.15) is 27.2 Å². The summed E-state index contributed by atoms with van der Waals surface area (Å²) in [7, 11) is 0. The molecular weight excluding hydrogens is 464 g/mol. The van der Waals surface area contributed by atoms with Crippen LogP contribution in [0, 0.1) is 0 Å². The maximum absolute atomic E-state index is 13.3. The Morgan fingerprint density at radius 2 is 1.76 bits per heavy atom. The lowest BCUT2D eigenvalue weighted by Gasteiger charge is -2.28. The third-order valence-electron chi connectivity index (χ3n) is 6.57. The van der Waals surface area contributed by atoms with Crippen LogP contribution in [0.2, 0.25) is 0 Å². The molecular formula is C30H24N4O3. The fourth-order valence-electron chi connectivity index (χ4n) is 4.56. The quantitative estimate of drug-likeness (QED) is 0.385. The number of amides is 1. The van der Waals surface area contributed by atoms with Crippen LogP contribution in [0.4, 0.5) is 0 Å². The standard InChI is InChI=1S/C30H24N4O3/c35-29-25-14-15-34(30(36)21-12-10-20(11-13-21)19-37-24-7-2-1-3-8-24)18-27(25)32-28(33-29)23-16-22-6-4-5-9-26(22)31-17-23/h1-13,16-17H,14-15,18-19H2,(H,32,33,35). The SMILES string of the molecule is O=C(c1ccc(COc2ccccc2)cc1)N1CCc2c(nc(-c3cnc4ccccc4c3)[nH]c2=O)C1. The lowest BCUT2D eigenvalue weighted by Crippen LogP contribution is -2.39. The van der Waals surface area contributed by atoms with Crippen molar-refractivity contribution in [2.45, 2.75) is 19.6 Å². The number of aromatic nitrogens is 3. The van der Waals surface area contributed by atoms with Crippen molar-refractivity contribution < 1.29 is 9.53 Å². The zero-order valence-electron chi connectivity index (χ0n) is 20.1. The average molecular weight is 489 g/mol. The molecule has 0 atom stereocenters. The lowest BCUT2D eigenvalue weighted by molar-refractivity contribution is 0.0731. The van der Waals surface area contributed by atoms with Crippen LogP contribution in [0.15, 0.2) is 95.9 Å². The van der Waals surface area contributed by atoms with E-state index in [4.69, 9.17) is 9.72 Å². The molecule has 0 saturated carbocycles. The summed E-state index contributed by atoms with van der Waals surface area (Å²) in [5.74, 6) is 1.17. The van der Waals surface area contributed by atoms with Gasteiger partial charge in [-0.05, 0) is 48.4 Å². The van der Waals surface area contributed by atoms with Gasteiger partial charge in [0, 0.05) is 34.8 Å². The van der Waals surface area contributed by atoms with Crippen LogP contribution in [0.3, 0.4) is 0 Å². The highest BCUT2D eigenvalue weighted by atomic mass is 16.5. The van der Waals surface area contributed by atoms with E-state index in [0.29, 0.717) is 42.2 Å². The Balaban J connectivity index is 1.19. The van der Waals surface area contributed by atoms with E-state index in [1.165, 1.54) is 0 Å². The minimum atomic E-state index is -0.164. The molecule has 1 N–H and O–H groups in total. The van der Waals surface area contributed by atoms with E-state index in [2.05, 4.69) is 9.97 Å². The first-order valence-electron chi connectivity index (χ1n) is 12.2. The number of nitrogens with one attached hydrogen (secondary N) is 1. The van der Waals surface area contributed by atoms with Gasteiger partial charge in [-0.25, -0.2) is 4.98 Å². The normalized spacial score (nSPS) is 12.8. The van der Waals surface area contributed by atoms with Crippen LogP contribution >= 0.6 is 0 Å². The number of fused-ring (bicyclic) bond motifs is 2. The maximum atomic E-state index is 13.3. The fourth-order valence-corrected chi connectivity index (χ4v) is 4.56. The molecule has 7 nitrogen and oxygen atoms in total. The molecule has 0 radical (unpaired) electrons. The molecule has 37 heavy (non-hydrogen) atoms. The first kappa shape index (κ1) is 22.7. The molecule has 3 heterocycles. The summed E-state index contributed by atoms with van der Waals surface area (Å²) in [4.78, 5) is 40.0. The molecule has 0 bridgehead atoms. The number of nitrogens with zero attached hydrogens (tertiary/aromatic N) is 3. The lowest BCUT2D eigenvalue weighted by atomic mass is 10.0. The van der Waals surface area contributed by atoms with Gasteiger partial charge in [-0.15, -0.1) is 0 Å². The highest BCUT2D eigenvalue weighted by Gasteiger charge is 2.25. The number of hydrogen-bond donors (Lipinski definition) is 1. The van der Waals surface area contributed by atoms with E-state index in [9.17, 15) is 9.59 Å². The predicted octanol–water partition coefficient (Wildman–Crippen LogP) is 4.76. The Hall–Kier alpha value is -4.78. The Labute approximate surface area is 213 Å². The van der Waals surface area contributed by atoms with Crippen LogP contribution in [0.5, 0.6) is 5.75 Å². The number of aromatic amines is 1. The fraction of sp³-hybridized carbons (Fsp3) is 0.133. The number of hydrogen-bond acceptors (Lipinski definition) is 5. The molecule has 0 fully saturated rings. The van der Waals surface area contributed by atoms with Gasteiger partial charge in [0.1, 0.15) is 18.2 Å². The number of para-hydroxylation sites is 2. The monoisotopic (exact) mass is 488 g/mol. The van der Waals surface area contributed by atoms with Crippen molar-refractivity contribution >= 4 is 16.8 Å². The van der Waals surface area contributed by atoms with Crippen molar-refractivity contribution in [2.24, 2.45) is 0 Å². The van der Waals surface area contributed by atoms with Crippen molar-refractivity contribution in [3.63, 3.8) is 0 Å². The number of carbonyl (C=O) groups is 1. The third-order valence-corrected chi connectivity index (χ3v) is 6.57. The molecule has 1 aliphatic heterocycles. The van der Waals surface area contributed by atoms with E-state index >= 15 is 0 Å². The zero-order chi connectivity index (χ0) is 25.2. The maximum Gasteiger partial charge on any atom is 0.254 e. The van der Waals surface area contributed by atoms with Gasteiger partial charge in [0.05, 0.1) is 17.8 Å². The van der Waals surface area contributed by atoms with Gasteiger partial charge in [0.25, 0.3) is 11.5 Å². The number of pyridine rings is 1. The Morgan fingerprint density at radius 1 is 0.973 bits per heavy atom. The van der Waals surface area contributed by atoms with Crippen LogP contribution in [-0.4, -0.2) is 32.3 Å². The molecule has 1 amide bonds. The number of ether oxygens (including phenoxy) is 1. The first-order valence-corrected chi connectivity index (χ1v) is 12.2. The molecule has 1 aliphatic rings. The minimum Gasteiger partial charge on any atom is -0.489 e.